The second kappa shape index (κ2) is 9.53. The summed E-state index contributed by atoms with van der Waals surface area (Å²) in [5.74, 6) is -0.411. The van der Waals surface area contributed by atoms with Crippen molar-refractivity contribution in [2.45, 2.75) is 33.2 Å². The topological polar surface area (TPSA) is 113 Å². The molecule has 3 rings (SSSR count). The summed E-state index contributed by atoms with van der Waals surface area (Å²) in [6, 6.07) is 6.11. The molecule has 2 amide bonds. The summed E-state index contributed by atoms with van der Waals surface area (Å²) in [7, 11) is 0. The number of aryl methyl sites for hydroxylation is 3. The third kappa shape index (κ3) is 5.04. The Morgan fingerprint density at radius 1 is 1.20 bits per heavy atom. The maximum atomic E-state index is 12.6. The zero-order chi connectivity index (χ0) is 21.7. The largest absolute Gasteiger partial charge is 0.508 e. The molecule has 30 heavy (non-hydrogen) atoms. The number of rotatable bonds is 8. The van der Waals surface area contributed by atoms with Gasteiger partial charge in [-0.2, -0.15) is 0 Å². The van der Waals surface area contributed by atoms with Gasteiger partial charge in [0.25, 0.3) is 11.5 Å². The Balaban J connectivity index is 1.41. The van der Waals surface area contributed by atoms with Crippen LogP contribution in [-0.4, -0.2) is 39.6 Å². The number of phenols is 1. The molecule has 0 unspecified atom stereocenters. The standard InChI is InChI=1S/C21H24N4O4S/c1-13-14(2)30-20-18(13)21(29)25(12-24-20)10-7-17(27)22-8-4-9-23-19(28)15-5-3-6-16(26)11-15/h3,5-6,11-12,26H,4,7-10H2,1-2H3,(H,22,27)(H,23,28). The number of fused-ring (bicyclic) bond motifs is 1. The van der Waals surface area contributed by atoms with E-state index in [9.17, 15) is 19.5 Å². The van der Waals surface area contributed by atoms with Crippen molar-refractivity contribution >= 4 is 33.4 Å². The van der Waals surface area contributed by atoms with Crippen molar-refractivity contribution in [1.82, 2.24) is 20.2 Å². The van der Waals surface area contributed by atoms with Gasteiger partial charge in [-0.1, -0.05) is 6.07 Å². The molecule has 0 aliphatic rings. The molecule has 0 atom stereocenters. The van der Waals surface area contributed by atoms with Crippen LogP contribution in [0.25, 0.3) is 10.2 Å². The number of amides is 2. The fourth-order valence-corrected chi connectivity index (χ4v) is 3.99. The number of aromatic nitrogens is 2. The Kier molecular flexibility index (Phi) is 6.83. The van der Waals surface area contributed by atoms with Crippen LogP contribution >= 0.6 is 11.3 Å². The van der Waals surface area contributed by atoms with E-state index in [-0.39, 0.29) is 36.1 Å². The lowest BCUT2D eigenvalue weighted by Gasteiger charge is -2.08. The van der Waals surface area contributed by atoms with Gasteiger partial charge in [0.15, 0.2) is 0 Å². The minimum absolute atomic E-state index is 0.0349. The van der Waals surface area contributed by atoms with Crippen molar-refractivity contribution in [2.75, 3.05) is 13.1 Å². The minimum atomic E-state index is -0.279. The van der Waals surface area contributed by atoms with E-state index in [4.69, 9.17) is 0 Å². The summed E-state index contributed by atoms with van der Waals surface area (Å²) in [5, 5.41) is 15.5. The second-order valence-corrected chi connectivity index (χ2v) is 8.17. The van der Waals surface area contributed by atoms with Crippen LogP contribution in [0.4, 0.5) is 0 Å². The molecule has 3 aromatic rings. The third-order valence-corrected chi connectivity index (χ3v) is 5.92. The van der Waals surface area contributed by atoms with Crippen LogP contribution in [0, 0.1) is 13.8 Å². The van der Waals surface area contributed by atoms with Gasteiger partial charge in [-0.15, -0.1) is 11.3 Å². The van der Waals surface area contributed by atoms with Gasteiger partial charge in [0.1, 0.15) is 10.6 Å². The van der Waals surface area contributed by atoms with Crippen LogP contribution in [0.3, 0.4) is 0 Å². The van der Waals surface area contributed by atoms with E-state index >= 15 is 0 Å². The first-order valence-electron chi connectivity index (χ1n) is 9.66. The molecule has 2 heterocycles. The molecule has 158 valence electrons. The zero-order valence-electron chi connectivity index (χ0n) is 16.9. The molecule has 9 heteroatoms. The van der Waals surface area contributed by atoms with Crippen LogP contribution in [-0.2, 0) is 11.3 Å². The van der Waals surface area contributed by atoms with Crippen LogP contribution in [0.15, 0.2) is 35.4 Å². The van der Waals surface area contributed by atoms with Gasteiger partial charge in [-0.05, 0) is 44.0 Å². The quantitative estimate of drug-likeness (QED) is 0.476. The number of benzene rings is 1. The molecule has 0 saturated heterocycles. The lowest BCUT2D eigenvalue weighted by atomic mass is 10.2. The number of aromatic hydroxyl groups is 1. The summed E-state index contributed by atoms with van der Waals surface area (Å²) >= 11 is 1.50. The fraction of sp³-hybridized carbons (Fsp3) is 0.333. The summed E-state index contributed by atoms with van der Waals surface area (Å²) in [4.78, 5) is 42.8. The van der Waals surface area contributed by atoms with Crippen molar-refractivity contribution in [2.24, 2.45) is 0 Å². The van der Waals surface area contributed by atoms with Gasteiger partial charge in [0.05, 0.1) is 11.7 Å². The summed E-state index contributed by atoms with van der Waals surface area (Å²) < 4.78 is 1.47. The molecule has 0 aliphatic heterocycles. The first-order chi connectivity index (χ1) is 14.4. The van der Waals surface area contributed by atoms with Crippen LogP contribution < -0.4 is 16.2 Å². The van der Waals surface area contributed by atoms with E-state index in [1.54, 1.807) is 12.1 Å². The van der Waals surface area contributed by atoms with Crippen molar-refractivity contribution in [3.05, 3.63) is 57.0 Å². The zero-order valence-corrected chi connectivity index (χ0v) is 17.7. The minimum Gasteiger partial charge on any atom is -0.508 e. The summed E-state index contributed by atoms with van der Waals surface area (Å²) in [6.45, 7) is 4.94. The first kappa shape index (κ1) is 21.5. The summed E-state index contributed by atoms with van der Waals surface area (Å²) in [6.07, 6.45) is 2.23. The third-order valence-electron chi connectivity index (χ3n) is 4.81. The molecule has 0 radical (unpaired) electrons. The maximum Gasteiger partial charge on any atom is 0.262 e. The van der Waals surface area contributed by atoms with Gasteiger partial charge in [0.2, 0.25) is 5.91 Å². The second-order valence-electron chi connectivity index (χ2n) is 6.97. The Bertz CT molecular complexity index is 1140. The van der Waals surface area contributed by atoms with Crippen LogP contribution in [0.2, 0.25) is 0 Å². The van der Waals surface area contributed by atoms with Gasteiger partial charge in [-0.3, -0.25) is 19.0 Å². The SMILES string of the molecule is Cc1sc2ncn(CCC(=O)NCCCNC(=O)c3cccc(O)c3)c(=O)c2c1C. The van der Waals surface area contributed by atoms with Crippen molar-refractivity contribution in [1.29, 1.82) is 0 Å². The molecule has 2 aromatic heterocycles. The molecule has 0 fully saturated rings. The predicted octanol–water partition coefficient (Wildman–Crippen LogP) is 2.11. The highest BCUT2D eigenvalue weighted by atomic mass is 32.1. The highest BCUT2D eigenvalue weighted by molar-refractivity contribution is 7.18. The molecule has 0 saturated carbocycles. The molecular weight excluding hydrogens is 404 g/mol. The number of phenolic OH excluding ortho intramolecular Hbond substituents is 1. The predicted molar refractivity (Wildman–Crippen MR) is 116 cm³/mol. The van der Waals surface area contributed by atoms with Crippen LogP contribution in [0.5, 0.6) is 5.75 Å². The van der Waals surface area contributed by atoms with Gasteiger partial charge in [-0.25, -0.2) is 4.98 Å². The first-order valence-corrected chi connectivity index (χ1v) is 10.5. The van der Waals surface area contributed by atoms with Gasteiger partial charge < -0.3 is 15.7 Å². The van der Waals surface area contributed by atoms with Crippen molar-refractivity contribution in [3.8, 4) is 5.75 Å². The van der Waals surface area contributed by atoms with Crippen molar-refractivity contribution < 1.29 is 14.7 Å². The lowest BCUT2D eigenvalue weighted by Crippen LogP contribution is -2.31. The van der Waals surface area contributed by atoms with Crippen LogP contribution in [0.1, 0.15) is 33.6 Å². The van der Waals surface area contributed by atoms with Crippen molar-refractivity contribution in [3.63, 3.8) is 0 Å². The molecule has 0 bridgehead atoms. The Morgan fingerprint density at radius 2 is 1.97 bits per heavy atom. The van der Waals surface area contributed by atoms with E-state index in [2.05, 4.69) is 15.6 Å². The smallest absolute Gasteiger partial charge is 0.262 e. The number of carbonyl (C=O) groups excluding carboxylic acids is 2. The Morgan fingerprint density at radius 3 is 2.73 bits per heavy atom. The fourth-order valence-electron chi connectivity index (χ4n) is 3.01. The average molecular weight is 429 g/mol. The molecule has 0 aliphatic carbocycles. The van der Waals surface area contributed by atoms with E-state index in [0.717, 1.165) is 15.3 Å². The Hall–Kier alpha value is -3.20. The molecule has 1 aromatic carbocycles. The number of nitrogens with one attached hydrogen (secondary N) is 2. The number of hydrogen-bond acceptors (Lipinski definition) is 6. The van der Waals surface area contributed by atoms with E-state index < -0.39 is 0 Å². The number of thiophene rings is 1. The number of hydrogen-bond donors (Lipinski definition) is 3. The Labute approximate surface area is 177 Å². The normalized spacial score (nSPS) is 10.9. The average Bonchev–Trinajstić information content (AvgIpc) is 3.01. The highest BCUT2D eigenvalue weighted by Crippen LogP contribution is 2.25. The maximum absolute atomic E-state index is 12.6. The van der Waals surface area contributed by atoms with E-state index in [1.807, 2.05) is 13.8 Å². The molecular formula is C21H24N4O4S. The number of nitrogens with zero attached hydrogens (tertiary/aromatic N) is 2. The number of carbonyl (C=O) groups is 2. The molecule has 8 nitrogen and oxygen atoms in total. The molecule has 0 spiro atoms. The van der Waals surface area contributed by atoms with Gasteiger partial charge in [0, 0.05) is 36.5 Å². The lowest BCUT2D eigenvalue weighted by molar-refractivity contribution is -0.121. The van der Waals surface area contributed by atoms with E-state index in [1.165, 1.54) is 34.4 Å². The van der Waals surface area contributed by atoms with E-state index in [0.29, 0.717) is 30.5 Å². The highest BCUT2D eigenvalue weighted by Gasteiger charge is 2.12. The van der Waals surface area contributed by atoms with Gasteiger partial charge >= 0.3 is 0 Å². The monoisotopic (exact) mass is 428 g/mol. The summed E-state index contributed by atoms with van der Waals surface area (Å²) in [5.41, 5.74) is 1.20. The molecule has 3 N–H and O–H groups in total.